The van der Waals surface area contributed by atoms with Gasteiger partial charge in [0.05, 0.1) is 42.3 Å². The Morgan fingerprint density at radius 1 is 1.46 bits per heavy atom. The lowest BCUT2D eigenvalue weighted by Gasteiger charge is -2.33. The number of carbonyl (C=O) groups is 2. The molecule has 0 aromatic carbocycles. The van der Waals surface area contributed by atoms with E-state index in [4.69, 9.17) is 9.57 Å². The SMILES string of the molecule is C=CCON1C(=O)N2C[C@@H]1c1scnc1[C@H]2C1=NCCN1C(=O)OC(C)(C)C. The van der Waals surface area contributed by atoms with Gasteiger partial charge >= 0.3 is 12.1 Å². The number of amidine groups is 1. The maximum atomic E-state index is 13.0. The first-order chi connectivity index (χ1) is 13.3. The number of rotatable bonds is 4. The minimum atomic E-state index is -0.618. The highest BCUT2D eigenvalue weighted by molar-refractivity contribution is 7.09. The highest BCUT2D eigenvalue weighted by Gasteiger charge is 2.53. The maximum Gasteiger partial charge on any atom is 0.415 e. The summed E-state index contributed by atoms with van der Waals surface area (Å²) in [5, 5.41) is 1.38. The monoisotopic (exact) mass is 405 g/mol. The minimum Gasteiger partial charge on any atom is -0.443 e. The molecule has 3 amide bonds. The van der Waals surface area contributed by atoms with Crippen LogP contribution in [0.1, 0.15) is 43.4 Å². The molecule has 0 radical (unpaired) electrons. The van der Waals surface area contributed by atoms with Crippen LogP contribution in [0.5, 0.6) is 0 Å². The third-order valence-corrected chi connectivity index (χ3v) is 5.59. The topological polar surface area (TPSA) is 87.6 Å². The molecule has 1 aromatic rings. The van der Waals surface area contributed by atoms with Crippen LogP contribution in [-0.4, -0.2) is 69.6 Å². The molecule has 1 saturated heterocycles. The van der Waals surface area contributed by atoms with Gasteiger partial charge in [-0.1, -0.05) is 6.08 Å². The van der Waals surface area contributed by atoms with Crippen LogP contribution in [0.15, 0.2) is 23.2 Å². The van der Waals surface area contributed by atoms with Gasteiger partial charge in [-0.05, 0) is 20.8 Å². The Hall–Kier alpha value is -2.46. The van der Waals surface area contributed by atoms with Crippen molar-refractivity contribution in [1.29, 1.82) is 0 Å². The van der Waals surface area contributed by atoms with Crippen molar-refractivity contribution < 1.29 is 19.2 Å². The Kier molecular flexibility index (Phi) is 4.62. The van der Waals surface area contributed by atoms with Crippen molar-refractivity contribution >= 4 is 29.3 Å². The third-order valence-electron chi connectivity index (χ3n) is 4.65. The molecule has 1 fully saturated rings. The van der Waals surface area contributed by atoms with Crippen LogP contribution in [0.2, 0.25) is 0 Å². The highest BCUT2D eigenvalue weighted by atomic mass is 32.1. The van der Waals surface area contributed by atoms with Crippen LogP contribution in [0.4, 0.5) is 9.59 Å². The van der Waals surface area contributed by atoms with Gasteiger partial charge in [0.2, 0.25) is 0 Å². The Morgan fingerprint density at radius 2 is 2.25 bits per heavy atom. The average Bonchev–Trinajstić information content (AvgIpc) is 3.33. The number of amides is 3. The number of fused-ring (bicyclic) bond motifs is 4. The van der Waals surface area contributed by atoms with Gasteiger partial charge in [-0.3, -0.25) is 14.7 Å². The lowest BCUT2D eigenvalue weighted by atomic mass is 10.0. The van der Waals surface area contributed by atoms with Crippen molar-refractivity contribution in [2.24, 2.45) is 4.99 Å². The molecular formula is C18H23N5O4S. The van der Waals surface area contributed by atoms with Gasteiger partial charge in [-0.15, -0.1) is 17.9 Å². The largest absolute Gasteiger partial charge is 0.443 e. The number of urea groups is 1. The van der Waals surface area contributed by atoms with Gasteiger partial charge < -0.3 is 9.64 Å². The molecule has 0 saturated carbocycles. The first kappa shape index (κ1) is 18.9. The van der Waals surface area contributed by atoms with Crippen LogP contribution in [-0.2, 0) is 9.57 Å². The van der Waals surface area contributed by atoms with Gasteiger partial charge in [0.25, 0.3) is 0 Å². The average molecular weight is 405 g/mol. The second-order valence-electron chi connectivity index (χ2n) is 7.74. The lowest BCUT2D eigenvalue weighted by molar-refractivity contribution is -0.118. The molecule has 0 aliphatic carbocycles. The molecule has 28 heavy (non-hydrogen) atoms. The van der Waals surface area contributed by atoms with E-state index in [1.54, 1.807) is 16.5 Å². The molecular weight excluding hydrogens is 382 g/mol. The number of hydroxylamine groups is 2. The summed E-state index contributed by atoms with van der Waals surface area (Å²) in [5.41, 5.74) is 1.88. The Labute approximate surface area is 167 Å². The van der Waals surface area contributed by atoms with Crippen LogP contribution >= 0.6 is 11.3 Å². The predicted molar refractivity (Wildman–Crippen MR) is 103 cm³/mol. The molecule has 2 bridgehead atoms. The van der Waals surface area contributed by atoms with E-state index in [0.29, 0.717) is 25.5 Å². The quantitative estimate of drug-likeness (QED) is 0.719. The number of nitrogens with zero attached hydrogens (tertiary/aromatic N) is 5. The molecule has 0 unspecified atom stereocenters. The van der Waals surface area contributed by atoms with Gasteiger partial charge in [-0.25, -0.2) is 14.6 Å². The second-order valence-corrected chi connectivity index (χ2v) is 8.62. The summed E-state index contributed by atoms with van der Waals surface area (Å²) < 4.78 is 5.53. The zero-order chi connectivity index (χ0) is 20.1. The van der Waals surface area contributed by atoms with E-state index >= 15 is 0 Å². The van der Waals surface area contributed by atoms with Crippen LogP contribution < -0.4 is 0 Å². The van der Waals surface area contributed by atoms with Crippen LogP contribution in [0.3, 0.4) is 0 Å². The van der Waals surface area contributed by atoms with E-state index in [1.165, 1.54) is 21.3 Å². The van der Waals surface area contributed by atoms with Crippen molar-refractivity contribution in [2.45, 2.75) is 38.5 Å². The van der Waals surface area contributed by atoms with Crippen molar-refractivity contribution in [2.75, 3.05) is 26.2 Å². The third kappa shape index (κ3) is 3.06. The molecule has 0 spiro atoms. The van der Waals surface area contributed by atoms with Crippen molar-refractivity contribution in [1.82, 2.24) is 19.8 Å². The smallest absolute Gasteiger partial charge is 0.415 e. The maximum absolute atomic E-state index is 13.0. The Balaban J connectivity index is 1.66. The van der Waals surface area contributed by atoms with E-state index in [2.05, 4.69) is 16.6 Å². The van der Waals surface area contributed by atoms with Gasteiger partial charge in [0.1, 0.15) is 23.5 Å². The minimum absolute atomic E-state index is 0.219. The number of aromatic nitrogens is 1. The zero-order valence-electron chi connectivity index (χ0n) is 16.1. The fourth-order valence-electron chi connectivity index (χ4n) is 3.61. The van der Waals surface area contributed by atoms with Gasteiger partial charge in [-0.2, -0.15) is 5.06 Å². The van der Waals surface area contributed by atoms with E-state index in [-0.39, 0.29) is 18.7 Å². The standard InChI is InChI=1S/C18H23N5O4S/c1-5-8-26-23-11-9-22(16(23)24)13(12-14(11)28-10-20-12)15-19-6-7-21(15)17(25)27-18(2,3)4/h5,10-11,13H,1,6-9H2,2-4H3/t11-,13+/m1/s1. The van der Waals surface area contributed by atoms with Gasteiger partial charge in [0.15, 0.2) is 0 Å². The number of aliphatic imine (C=N–C) groups is 1. The summed E-state index contributed by atoms with van der Waals surface area (Å²) in [5.74, 6) is 0.499. The number of hydrogen-bond donors (Lipinski definition) is 0. The molecule has 150 valence electrons. The summed E-state index contributed by atoms with van der Waals surface area (Å²) in [4.78, 5) is 44.5. The van der Waals surface area contributed by atoms with Gasteiger partial charge in [0, 0.05) is 0 Å². The summed E-state index contributed by atoms with van der Waals surface area (Å²) in [6, 6.07) is -1.01. The van der Waals surface area contributed by atoms with Crippen LogP contribution in [0.25, 0.3) is 0 Å². The highest BCUT2D eigenvalue weighted by Crippen LogP contribution is 2.46. The normalized spacial score (nSPS) is 23.8. The number of carbonyl (C=O) groups excluding carboxylic acids is 2. The molecule has 9 nitrogen and oxygen atoms in total. The van der Waals surface area contributed by atoms with Crippen molar-refractivity contribution in [3.05, 3.63) is 28.7 Å². The van der Waals surface area contributed by atoms with E-state index in [9.17, 15) is 9.59 Å². The fourth-order valence-corrected chi connectivity index (χ4v) is 4.50. The molecule has 1 aromatic heterocycles. The molecule has 3 aliphatic rings. The number of ether oxygens (including phenoxy) is 1. The zero-order valence-corrected chi connectivity index (χ0v) is 16.9. The molecule has 3 aliphatic heterocycles. The number of thiazole rings is 1. The summed E-state index contributed by atoms with van der Waals surface area (Å²) >= 11 is 1.48. The van der Waals surface area contributed by atoms with E-state index in [1.807, 2.05) is 20.8 Å². The second kappa shape index (κ2) is 6.85. The fraction of sp³-hybridized carbons (Fsp3) is 0.556. The van der Waals surface area contributed by atoms with Crippen molar-refractivity contribution in [3.63, 3.8) is 0 Å². The molecule has 2 atom stereocenters. The predicted octanol–water partition coefficient (Wildman–Crippen LogP) is 2.74. The first-order valence-electron chi connectivity index (χ1n) is 9.13. The first-order valence-corrected chi connectivity index (χ1v) is 10.0. The summed E-state index contributed by atoms with van der Waals surface area (Å²) in [6.45, 7) is 10.7. The summed E-state index contributed by atoms with van der Waals surface area (Å²) in [6.07, 6.45) is 1.13. The van der Waals surface area contributed by atoms with Crippen molar-refractivity contribution in [3.8, 4) is 0 Å². The number of hydrogen-bond acceptors (Lipinski definition) is 7. The Morgan fingerprint density at radius 3 is 2.96 bits per heavy atom. The van der Waals surface area contributed by atoms with Crippen LogP contribution in [0, 0.1) is 0 Å². The van der Waals surface area contributed by atoms with E-state index in [0.717, 1.165) is 10.6 Å². The Bertz CT molecular complexity index is 845. The molecule has 4 rings (SSSR count). The molecule has 10 heteroatoms. The molecule has 4 heterocycles. The summed E-state index contributed by atoms with van der Waals surface area (Å²) in [7, 11) is 0. The lowest BCUT2D eigenvalue weighted by Crippen LogP contribution is -2.47. The molecule has 0 N–H and O–H groups in total. The van der Waals surface area contributed by atoms with E-state index < -0.39 is 17.7 Å².